The van der Waals surface area contributed by atoms with E-state index in [1.807, 2.05) is 6.07 Å². The molecule has 0 radical (unpaired) electrons. The van der Waals surface area contributed by atoms with Crippen molar-refractivity contribution in [2.45, 2.75) is 59.0 Å². The van der Waals surface area contributed by atoms with Crippen LogP contribution in [0.2, 0.25) is 0 Å². The van der Waals surface area contributed by atoms with Crippen molar-refractivity contribution in [3.8, 4) is 0 Å². The second-order valence-electron chi connectivity index (χ2n) is 5.60. The third-order valence-corrected chi connectivity index (χ3v) is 5.02. The Bertz CT molecular complexity index is 645. The third-order valence-electron chi connectivity index (χ3n) is 3.97. The van der Waals surface area contributed by atoms with Crippen molar-refractivity contribution in [1.29, 1.82) is 0 Å². The highest BCUT2D eigenvalue weighted by atomic mass is 32.1. The first-order chi connectivity index (χ1) is 11.7. The van der Waals surface area contributed by atoms with Gasteiger partial charge in [0.15, 0.2) is 11.7 Å². The molecule has 0 unspecified atom stereocenters. The van der Waals surface area contributed by atoms with Crippen molar-refractivity contribution >= 4 is 17.3 Å². The monoisotopic (exact) mass is 349 g/mol. The summed E-state index contributed by atoms with van der Waals surface area (Å²) in [6, 6.07) is 2.03. The third kappa shape index (κ3) is 5.06. The Morgan fingerprint density at radius 1 is 1.25 bits per heavy atom. The van der Waals surface area contributed by atoms with Crippen molar-refractivity contribution in [3.63, 3.8) is 0 Å². The van der Waals surface area contributed by atoms with Gasteiger partial charge in [-0.1, -0.05) is 25.9 Å². The van der Waals surface area contributed by atoms with E-state index in [4.69, 9.17) is 4.52 Å². The van der Waals surface area contributed by atoms with Gasteiger partial charge in [-0.25, -0.2) is 4.98 Å². The number of rotatable bonds is 8. The number of hydrogen-bond acceptors (Lipinski definition) is 5. The lowest BCUT2D eigenvalue weighted by molar-refractivity contribution is 0.368. The minimum atomic E-state index is 0.470. The van der Waals surface area contributed by atoms with Crippen molar-refractivity contribution in [2.75, 3.05) is 7.05 Å². The van der Waals surface area contributed by atoms with Gasteiger partial charge in [-0.3, -0.25) is 4.99 Å². The van der Waals surface area contributed by atoms with Crippen LogP contribution in [0.15, 0.2) is 21.0 Å². The maximum absolute atomic E-state index is 5.42. The molecule has 132 valence electrons. The summed E-state index contributed by atoms with van der Waals surface area (Å²) in [5.41, 5.74) is 2.07. The molecule has 0 saturated heterocycles. The Labute approximate surface area is 147 Å². The van der Waals surface area contributed by atoms with Crippen LogP contribution >= 0.6 is 11.3 Å². The van der Waals surface area contributed by atoms with E-state index in [1.165, 1.54) is 0 Å². The Morgan fingerprint density at radius 3 is 2.62 bits per heavy atom. The van der Waals surface area contributed by atoms with E-state index in [0.717, 1.165) is 47.4 Å². The molecular formula is C17H27N5OS. The predicted molar refractivity (Wildman–Crippen MR) is 98.4 cm³/mol. The Balaban J connectivity index is 1.83. The molecule has 7 heteroatoms. The number of hydrogen-bond donors (Lipinski definition) is 2. The van der Waals surface area contributed by atoms with Gasteiger partial charge < -0.3 is 15.2 Å². The summed E-state index contributed by atoms with van der Waals surface area (Å²) in [7, 11) is 1.75. The highest BCUT2D eigenvalue weighted by Gasteiger charge is 2.13. The standard InChI is InChI=1S/C17H27N5OS/c1-5-12(6-2)15-8-14(23-22-15)10-20-17(18-4)19-9-13-11-24-16(7-3)21-13/h8,11-12H,5-7,9-10H2,1-4H3,(H2,18,19,20). The van der Waals surface area contributed by atoms with Crippen LogP contribution in [0.1, 0.15) is 61.7 Å². The zero-order valence-corrected chi connectivity index (χ0v) is 15.7. The molecule has 0 aliphatic rings. The lowest BCUT2D eigenvalue weighted by Gasteiger charge is -2.09. The molecule has 2 heterocycles. The molecule has 0 bridgehead atoms. The topological polar surface area (TPSA) is 75.3 Å². The van der Waals surface area contributed by atoms with Gasteiger partial charge in [-0.15, -0.1) is 11.3 Å². The molecule has 0 amide bonds. The van der Waals surface area contributed by atoms with Crippen LogP contribution in [0.4, 0.5) is 0 Å². The quantitative estimate of drug-likeness (QED) is 0.564. The van der Waals surface area contributed by atoms with Crippen LogP contribution in [0.3, 0.4) is 0 Å². The fraction of sp³-hybridized carbons (Fsp3) is 0.588. The van der Waals surface area contributed by atoms with E-state index in [1.54, 1.807) is 18.4 Å². The Morgan fingerprint density at radius 2 is 2.00 bits per heavy atom. The van der Waals surface area contributed by atoms with E-state index < -0.39 is 0 Å². The molecule has 2 N–H and O–H groups in total. The zero-order valence-electron chi connectivity index (χ0n) is 14.9. The van der Waals surface area contributed by atoms with Gasteiger partial charge in [-0.2, -0.15) is 0 Å². The van der Waals surface area contributed by atoms with Crippen molar-refractivity contribution in [3.05, 3.63) is 33.6 Å². The van der Waals surface area contributed by atoms with Crippen LogP contribution in [0.25, 0.3) is 0 Å². The van der Waals surface area contributed by atoms with Gasteiger partial charge >= 0.3 is 0 Å². The largest absolute Gasteiger partial charge is 0.359 e. The summed E-state index contributed by atoms with van der Waals surface area (Å²) in [6.07, 6.45) is 3.13. The minimum absolute atomic E-state index is 0.470. The van der Waals surface area contributed by atoms with Crippen LogP contribution in [-0.4, -0.2) is 23.1 Å². The van der Waals surface area contributed by atoms with E-state index >= 15 is 0 Å². The second kappa shape index (κ2) is 9.42. The first-order valence-corrected chi connectivity index (χ1v) is 9.41. The Kier molecular flexibility index (Phi) is 7.24. The summed E-state index contributed by atoms with van der Waals surface area (Å²) in [6.45, 7) is 7.68. The van der Waals surface area contributed by atoms with Crippen LogP contribution in [-0.2, 0) is 19.5 Å². The number of guanidine groups is 1. The van der Waals surface area contributed by atoms with E-state index in [2.05, 4.69) is 51.9 Å². The maximum atomic E-state index is 5.42. The first-order valence-electron chi connectivity index (χ1n) is 8.53. The molecule has 0 aliphatic heterocycles. The number of aliphatic imine (C=N–C) groups is 1. The summed E-state index contributed by atoms with van der Waals surface area (Å²) >= 11 is 1.69. The first kappa shape index (κ1) is 18.4. The molecule has 2 aromatic heterocycles. The normalized spacial score (nSPS) is 12.0. The fourth-order valence-electron chi connectivity index (χ4n) is 2.47. The van der Waals surface area contributed by atoms with E-state index in [-0.39, 0.29) is 0 Å². The van der Waals surface area contributed by atoms with E-state index in [0.29, 0.717) is 19.0 Å². The summed E-state index contributed by atoms with van der Waals surface area (Å²) < 4.78 is 5.42. The molecule has 0 saturated carbocycles. The van der Waals surface area contributed by atoms with Crippen LogP contribution in [0, 0.1) is 0 Å². The summed E-state index contributed by atoms with van der Waals surface area (Å²) in [4.78, 5) is 8.77. The number of nitrogens with one attached hydrogen (secondary N) is 2. The van der Waals surface area contributed by atoms with Gasteiger partial charge in [-0.05, 0) is 19.3 Å². The van der Waals surface area contributed by atoms with Crippen LogP contribution in [0.5, 0.6) is 0 Å². The fourth-order valence-corrected chi connectivity index (χ4v) is 3.21. The molecule has 0 atom stereocenters. The smallest absolute Gasteiger partial charge is 0.191 e. The van der Waals surface area contributed by atoms with Crippen LogP contribution < -0.4 is 10.6 Å². The van der Waals surface area contributed by atoms with Gasteiger partial charge in [0.05, 0.1) is 29.5 Å². The molecule has 6 nitrogen and oxygen atoms in total. The van der Waals surface area contributed by atoms with Crippen molar-refractivity contribution in [1.82, 2.24) is 20.8 Å². The average Bonchev–Trinajstić information content (AvgIpc) is 3.25. The molecular weight excluding hydrogens is 322 g/mol. The minimum Gasteiger partial charge on any atom is -0.359 e. The lowest BCUT2D eigenvalue weighted by Crippen LogP contribution is -2.36. The number of nitrogens with zero attached hydrogens (tertiary/aromatic N) is 3. The van der Waals surface area contributed by atoms with Crippen molar-refractivity contribution in [2.24, 2.45) is 4.99 Å². The molecule has 0 aliphatic carbocycles. The number of aryl methyl sites for hydroxylation is 1. The summed E-state index contributed by atoms with van der Waals surface area (Å²) in [5, 5.41) is 13.9. The van der Waals surface area contributed by atoms with Gasteiger partial charge in [0.1, 0.15) is 0 Å². The van der Waals surface area contributed by atoms with Gasteiger partial charge in [0.2, 0.25) is 0 Å². The molecule has 0 spiro atoms. The highest BCUT2D eigenvalue weighted by molar-refractivity contribution is 7.09. The molecule has 0 aromatic carbocycles. The lowest BCUT2D eigenvalue weighted by atomic mass is 9.99. The highest BCUT2D eigenvalue weighted by Crippen LogP contribution is 2.22. The van der Waals surface area contributed by atoms with Gasteiger partial charge in [0.25, 0.3) is 0 Å². The summed E-state index contributed by atoms with van der Waals surface area (Å²) in [5.74, 6) is 2.01. The number of aromatic nitrogens is 2. The molecule has 2 aromatic rings. The van der Waals surface area contributed by atoms with Crippen molar-refractivity contribution < 1.29 is 4.52 Å². The van der Waals surface area contributed by atoms with Gasteiger partial charge in [0, 0.05) is 24.4 Å². The zero-order chi connectivity index (χ0) is 17.4. The Hall–Kier alpha value is -1.89. The SMILES string of the molecule is CCc1nc(CNC(=NC)NCc2cc(C(CC)CC)no2)cs1. The molecule has 24 heavy (non-hydrogen) atoms. The predicted octanol–water partition coefficient (Wildman–Crippen LogP) is 3.46. The molecule has 2 rings (SSSR count). The second-order valence-corrected chi connectivity index (χ2v) is 6.54. The number of thiazole rings is 1. The molecule has 0 fully saturated rings. The van der Waals surface area contributed by atoms with E-state index in [9.17, 15) is 0 Å². The average molecular weight is 350 g/mol. The maximum Gasteiger partial charge on any atom is 0.191 e.